The summed E-state index contributed by atoms with van der Waals surface area (Å²) >= 11 is 6.25. The molecule has 2 aromatic heterocycles. The molecule has 3 aromatic rings. The Kier molecular flexibility index (Phi) is 3.63. The second kappa shape index (κ2) is 5.93. The van der Waals surface area contributed by atoms with Gasteiger partial charge in [0.05, 0.1) is 10.7 Å². The number of nitrogens with zero attached hydrogens (tertiary/aromatic N) is 2. The highest BCUT2D eigenvalue weighted by atomic mass is 35.5. The summed E-state index contributed by atoms with van der Waals surface area (Å²) in [6, 6.07) is 9.70. The summed E-state index contributed by atoms with van der Waals surface area (Å²) in [5.41, 5.74) is 6.07. The number of fused-ring (bicyclic) bond motifs is 2. The standard InChI is InChI=1S/C23H18ClFN2/c1-3-14-5-8-17(23(25)22(14)24)21-16(7-6-15-12-18(15)21)19-10-11-27-13(2)4-9-20(27)26-19/h3-11,15,18H,1,12H2,2H3. The number of aryl methyl sites for hydroxylation is 1. The molecule has 1 saturated carbocycles. The molecule has 2 nitrogen and oxygen atoms in total. The number of aromatic nitrogens is 2. The molecule has 2 heterocycles. The third kappa shape index (κ3) is 2.49. The molecule has 0 aliphatic heterocycles. The van der Waals surface area contributed by atoms with Crippen LogP contribution in [0.25, 0.3) is 22.9 Å². The number of rotatable bonds is 3. The molecule has 0 amide bonds. The highest BCUT2D eigenvalue weighted by Gasteiger charge is 2.43. The molecular formula is C23H18ClFN2. The fraction of sp³-hybridized carbons (Fsp3) is 0.174. The molecule has 0 saturated heterocycles. The summed E-state index contributed by atoms with van der Waals surface area (Å²) in [5, 5.41) is 0.131. The number of benzene rings is 1. The molecule has 5 rings (SSSR count). The summed E-state index contributed by atoms with van der Waals surface area (Å²) in [5.74, 6) is 0.444. The zero-order valence-corrected chi connectivity index (χ0v) is 15.7. The van der Waals surface area contributed by atoms with Crippen LogP contribution in [0.15, 0.2) is 55.3 Å². The van der Waals surface area contributed by atoms with Crippen molar-refractivity contribution >= 4 is 34.5 Å². The fourth-order valence-electron chi connectivity index (χ4n) is 4.04. The Morgan fingerprint density at radius 1 is 1.26 bits per heavy atom. The SMILES string of the molecule is C=Cc1ccc(C2=C(c3ccn4c(C)ccc4n3)C=CC3CC23)c(F)c1Cl. The Bertz CT molecular complexity index is 1170. The Hall–Kier alpha value is -2.65. The molecule has 27 heavy (non-hydrogen) atoms. The average Bonchev–Trinajstić information content (AvgIpc) is 3.39. The summed E-state index contributed by atoms with van der Waals surface area (Å²) in [4.78, 5) is 4.82. The van der Waals surface area contributed by atoms with Crippen LogP contribution in [0.2, 0.25) is 5.02 Å². The van der Waals surface area contributed by atoms with E-state index in [1.165, 1.54) is 0 Å². The molecule has 2 aliphatic rings. The van der Waals surface area contributed by atoms with Crippen LogP contribution in [-0.2, 0) is 0 Å². The van der Waals surface area contributed by atoms with E-state index in [9.17, 15) is 0 Å². The van der Waals surface area contributed by atoms with Gasteiger partial charge in [0.15, 0.2) is 0 Å². The maximum absolute atomic E-state index is 15.1. The first kappa shape index (κ1) is 16.5. The molecule has 2 aliphatic carbocycles. The number of hydrogen-bond acceptors (Lipinski definition) is 1. The van der Waals surface area contributed by atoms with Gasteiger partial charge in [-0.3, -0.25) is 0 Å². The fourth-order valence-corrected chi connectivity index (χ4v) is 4.29. The van der Waals surface area contributed by atoms with Gasteiger partial charge in [-0.15, -0.1) is 0 Å². The quantitative estimate of drug-likeness (QED) is 0.532. The van der Waals surface area contributed by atoms with Crippen molar-refractivity contribution in [3.05, 3.63) is 88.6 Å². The van der Waals surface area contributed by atoms with E-state index in [1.807, 2.05) is 47.9 Å². The minimum absolute atomic E-state index is 0.131. The Morgan fingerprint density at radius 3 is 2.93 bits per heavy atom. The maximum atomic E-state index is 15.1. The van der Waals surface area contributed by atoms with Crippen molar-refractivity contribution in [3.8, 4) is 0 Å². The van der Waals surface area contributed by atoms with Gasteiger partial charge in [-0.2, -0.15) is 0 Å². The van der Waals surface area contributed by atoms with Crippen molar-refractivity contribution < 1.29 is 4.39 Å². The molecule has 2 atom stereocenters. The van der Waals surface area contributed by atoms with Crippen LogP contribution in [0.3, 0.4) is 0 Å². The van der Waals surface area contributed by atoms with Gasteiger partial charge in [0.25, 0.3) is 0 Å². The van der Waals surface area contributed by atoms with Crippen LogP contribution in [0.1, 0.15) is 28.9 Å². The highest BCUT2D eigenvalue weighted by molar-refractivity contribution is 6.32. The summed E-state index contributed by atoms with van der Waals surface area (Å²) < 4.78 is 17.2. The normalized spacial score (nSPS) is 20.9. The van der Waals surface area contributed by atoms with Gasteiger partial charge in [-0.1, -0.05) is 48.5 Å². The smallest absolute Gasteiger partial charge is 0.149 e. The van der Waals surface area contributed by atoms with Crippen LogP contribution in [0.5, 0.6) is 0 Å². The van der Waals surface area contributed by atoms with Crippen molar-refractivity contribution in [2.24, 2.45) is 11.8 Å². The third-order valence-electron chi connectivity index (χ3n) is 5.63. The van der Waals surface area contributed by atoms with E-state index in [4.69, 9.17) is 16.6 Å². The Labute approximate surface area is 162 Å². The minimum atomic E-state index is -0.373. The average molecular weight is 377 g/mol. The van der Waals surface area contributed by atoms with Crippen molar-refractivity contribution in [2.75, 3.05) is 0 Å². The van der Waals surface area contributed by atoms with E-state index < -0.39 is 0 Å². The minimum Gasteiger partial charge on any atom is -0.306 e. The lowest BCUT2D eigenvalue weighted by molar-refractivity contribution is 0.622. The first-order valence-electron chi connectivity index (χ1n) is 9.06. The third-order valence-corrected chi connectivity index (χ3v) is 6.01. The molecule has 134 valence electrons. The van der Waals surface area contributed by atoms with Gasteiger partial charge in [-0.05, 0) is 54.5 Å². The van der Waals surface area contributed by atoms with E-state index in [0.717, 1.165) is 34.6 Å². The van der Waals surface area contributed by atoms with Crippen molar-refractivity contribution in [3.63, 3.8) is 0 Å². The molecule has 0 bridgehead atoms. The zero-order valence-electron chi connectivity index (χ0n) is 14.9. The highest BCUT2D eigenvalue weighted by Crippen LogP contribution is 2.55. The summed E-state index contributed by atoms with van der Waals surface area (Å²) in [6.07, 6.45) is 8.95. The Balaban J connectivity index is 1.73. The van der Waals surface area contributed by atoms with E-state index in [0.29, 0.717) is 23.0 Å². The van der Waals surface area contributed by atoms with Gasteiger partial charge in [0, 0.05) is 23.0 Å². The second-order valence-corrected chi connectivity index (χ2v) is 7.62. The molecule has 1 fully saturated rings. The van der Waals surface area contributed by atoms with Crippen LogP contribution >= 0.6 is 11.6 Å². The second-order valence-electron chi connectivity index (χ2n) is 7.24. The molecule has 0 N–H and O–H groups in total. The molecule has 0 spiro atoms. The monoisotopic (exact) mass is 376 g/mol. The lowest BCUT2D eigenvalue weighted by Crippen LogP contribution is -2.03. The van der Waals surface area contributed by atoms with Crippen LogP contribution in [0, 0.1) is 24.6 Å². The Morgan fingerprint density at radius 2 is 2.11 bits per heavy atom. The van der Waals surface area contributed by atoms with Gasteiger partial charge in [-0.25, -0.2) is 9.37 Å². The lowest BCUT2D eigenvalue weighted by Gasteiger charge is -2.18. The summed E-state index contributed by atoms with van der Waals surface area (Å²) in [6.45, 7) is 5.75. The predicted molar refractivity (Wildman–Crippen MR) is 109 cm³/mol. The molecule has 1 aromatic carbocycles. The zero-order chi connectivity index (χ0) is 18.7. The van der Waals surface area contributed by atoms with Gasteiger partial charge >= 0.3 is 0 Å². The molecule has 4 heteroatoms. The van der Waals surface area contributed by atoms with E-state index >= 15 is 4.39 Å². The van der Waals surface area contributed by atoms with Crippen LogP contribution in [-0.4, -0.2) is 9.38 Å². The largest absolute Gasteiger partial charge is 0.306 e. The van der Waals surface area contributed by atoms with E-state index in [-0.39, 0.29) is 10.8 Å². The van der Waals surface area contributed by atoms with Crippen molar-refractivity contribution in [1.29, 1.82) is 0 Å². The first-order valence-corrected chi connectivity index (χ1v) is 9.44. The van der Waals surface area contributed by atoms with Crippen LogP contribution < -0.4 is 0 Å². The number of hydrogen-bond donors (Lipinski definition) is 0. The number of halogens is 2. The molecule has 0 radical (unpaired) electrons. The van der Waals surface area contributed by atoms with Gasteiger partial charge in [0.2, 0.25) is 0 Å². The topological polar surface area (TPSA) is 17.3 Å². The first-order chi connectivity index (χ1) is 13.1. The van der Waals surface area contributed by atoms with Gasteiger partial charge in [0.1, 0.15) is 11.5 Å². The lowest BCUT2D eigenvalue weighted by atomic mass is 9.88. The van der Waals surface area contributed by atoms with Crippen molar-refractivity contribution in [2.45, 2.75) is 13.3 Å². The summed E-state index contributed by atoms with van der Waals surface area (Å²) in [7, 11) is 0. The van der Waals surface area contributed by atoms with E-state index in [2.05, 4.69) is 18.7 Å². The maximum Gasteiger partial charge on any atom is 0.149 e. The van der Waals surface area contributed by atoms with Crippen LogP contribution in [0.4, 0.5) is 4.39 Å². The molecular weight excluding hydrogens is 359 g/mol. The van der Waals surface area contributed by atoms with Gasteiger partial charge < -0.3 is 4.40 Å². The molecule has 2 unspecified atom stereocenters. The number of allylic oxidation sites excluding steroid dienone is 4. The van der Waals surface area contributed by atoms with E-state index in [1.54, 1.807) is 6.08 Å². The predicted octanol–water partition coefficient (Wildman–Crippen LogP) is 6.19. The van der Waals surface area contributed by atoms with Crippen molar-refractivity contribution in [1.82, 2.24) is 9.38 Å².